The van der Waals surface area contributed by atoms with Gasteiger partial charge in [-0.25, -0.2) is 0 Å². The Morgan fingerprint density at radius 2 is 2.00 bits per heavy atom. The van der Waals surface area contributed by atoms with Crippen LogP contribution in [-0.2, 0) is 20.5 Å². The van der Waals surface area contributed by atoms with E-state index in [1.807, 2.05) is 13.8 Å². The van der Waals surface area contributed by atoms with E-state index in [4.69, 9.17) is 4.74 Å². The Morgan fingerprint density at radius 1 is 1.32 bits per heavy atom. The van der Waals surface area contributed by atoms with Crippen molar-refractivity contribution in [3.63, 3.8) is 0 Å². The minimum Gasteiger partial charge on any atom is -0.456 e. The third-order valence-corrected chi connectivity index (χ3v) is 3.66. The zero-order chi connectivity index (χ0) is 21.3. The van der Waals surface area contributed by atoms with Crippen LogP contribution in [0, 0.1) is 10.1 Å². The number of nitro benzene ring substituents is 1. The highest BCUT2D eigenvalue weighted by atomic mass is 19.4. The molecule has 0 aliphatic heterocycles. The number of rotatable bonds is 10. The molecule has 0 fully saturated rings. The highest BCUT2D eigenvalue weighted by Gasteiger charge is 2.33. The summed E-state index contributed by atoms with van der Waals surface area (Å²) in [4.78, 5) is 33.2. The van der Waals surface area contributed by atoms with E-state index in [1.165, 1.54) is 0 Å². The second kappa shape index (κ2) is 10.5. The molecule has 1 aromatic rings. The molecule has 2 N–H and O–H groups in total. The van der Waals surface area contributed by atoms with Crippen LogP contribution in [0.3, 0.4) is 0 Å². The molecular weight excluding hydrogens is 383 g/mol. The number of nitrogens with one attached hydrogen (secondary N) is 2. The van der Waals surface area contributed by atoms with Crippen molar-refractivity contribution in [1.82, 2.24) is 5.32 Å². The predicted molar refractivity (Wildman–Crippen MR) is 94.7 cm³/mol. The summed E-state index contributed by atoms with van der Waals surface area (Å²) in [6, 6.07) is 2.00. The van der Waals surface area contributed by atoms with Crippen molar-refractivity contribution in [3.8, 4) is 0 Å². The second-order valence-corrected chi connectivity index (χ2v) is 6.08. The number of ether oxygens (including phenoxy) is 1. The summed E-state index contributed by atoms with van der Waals surface area (Å²) in [6.45, 7) is 3.23. The molecule has 1 aromatic carbocycles. The lowest BCUT2D eigenvalue weighted by molar-refractivity contribution is -0.384. The Morgan fingerprint density at radius 3 is 2.57 bits per heavy atom. The molecule has 0 bridgehead atoms. The monoisotopic (exact) mass is 405 g/mol. The summed E-state index contributed by atoms with van der Waals surface area (Å²) in [6.07, 6.45) is -3.25. The van der Waals surface area contributed by atoms with Crippen LogP contribution in [0.4, 0.5) is 24.5 Å². The van der Waals surface area contributed by atoms with Gasteiger partial charge in [-0.2, -0.15) is 13.2 Å². The average Bonchev–Trinajstić information content (AvgIpc) is 2.59. The van der Waals surface area contributed by atoms with Crippen molar-refractivity contribution in [2.45, 2.75) is 45.3 Å². The summed E-state index contributed by atoms with van der Waals surface area (Å²) in [7, 11) is 0. The highest BCUT2D eigenvalue weighted by molar-refractivity contribution is 5.80. The summed E-state index contributed by atoms with van der Waals surface area (Å²) in [5.74, 6) is -1.17. The molecule has 156 valence electrons. The molecule has 0 radical (unpaired) electrons. The lowest BCUT2D eigenvalue weighted by atomic mass is 10.1. The van der Waals surface area contributed by atoms with Gasteiger partial charge in [0, 0.05) is 18.7 Å². The van der Waals surface area contributed by atoms with Crippen LogP contribution >= 0.6 is 0 Å². The molecule has 1 amide bonds. The van der Waals surface area contributed by atoms with Crippen molar-refractivity contribution < 1.29 is 32.4 Å². The number of halogens is 3. The number of hydrogen-bond donors (Lipinski definition) is 2. The number of hydrogen-bond acceptors (Lipinski definition) is 6. The van der Waals surface area contributed by atoms with E-state index in [1.54, 1.807) is 0 Å². The van der Waals surface area contributed by atoms with Crippen LogP contribution < -0.4 is 10.6 Å². The van der Waals surface area contributed by atoms with Crippen molar-refractivity contribution >= 4 is 23.3 Å². The molecule has 0 aliphatic rings. The van der Waals surface area contributed by atoms with Gasteiger partial charge >= 0.3 is 12.1 Å². The maximum Gasteiger partial charge on any atom is 0.416 e. The number of carbonyl (C=O) groups is 2. The minimum atomic E-state index is -4.71. The first-order valence-electron chi connectivity index (χ1n) is 8.59. The van der Waals surface area contributed by atoms with Gasteiger partial charge in [-0.15, -0.1) is 0 Å². The van der Waals surface area contributed by atoms with Crippen LogP contribution in [0.5, 0.6) is 0 Å². The van der Waals surface area contributed by atoms with E-state index in [-0.39, 0.29) is 24.7 Å². The van der Waals surface area contributed by atoms with E-state index in [2.05, 4.69) is 10.6 Å². The third-order valence-electron chi connectivity index (χ3n) is 3.66. The standard InChI is InChI=1S/C17H22F3N3O5/c1-3-4-11(2)22-15(24)10-28-16(25)7-8-21-13-6-5-12(17(18,19)20)9-14(13)23(26)27/h5-6,9,11,21H,3-4,7-8,10H2,1-2H3,(H,22,24)/t11-/m1/s1. The number of esters is 1. The number of carbonyl (C=O) groups excluding carboxylic acids is 2. The van der Waals surface area contributed by atoms with Gasteiger partial charge in [0.15, 0.2) is 6.61 Å². The fourth-order valence-corrected chi connectivity index (χ4v) is 2.35. The van der Waals surface area contributed by atoms with Crippen LogP contribution in [0.2, 0.25) is 0 Å². The van der Waals surface area contributed by atoms with Crippen molar-refractivity contribution in [1.29, 1.82) is 0 Å². The molecule has 1 atom stereocenters. The first-order chi connectivity index (χ1) is 13.0. The van der Waals surface area contributed by atoms with Crippen LogP contribution in [0.25, 0.3) is 0 Å². The van der Waals surface area contributed by atoms with Gasteiger partial charge < -0.3 is 15.4 Å². The quantitative estimate of drug-likeness (QED) is 0.351. The molecule has 0 aliphatic carbocycles. The van der Waals surface area contributed by atoms with E-state index >= 15 is 0 Å². The number of alkyl halides is 3. The van der Waals surface area contributed by atoms with Crippen molar-refractivity contribution in [2.24, 2.45) is 0 Å². The lowest BCUT2D eigenvalue weighted by Crippen LogP contribution is -2.35. The minimum absolute atomic E-state index is 0.0434. The summed E-state index contributed by atoms with van der Waals surface area (Å²) in [5, 5.41) is 16.2. The van der Waals surface area contributed by atoms with Gasteiger partial charge in [-0.05, 0) is 25.5 Å². The van der Waals surface area contributed by atoms with Gasteiger partial charge in [0.1, 0.15) is 5.69 Å². The number of nitrogens with zero attached hydrogens (tertiary/aromatic N) is 1. The Balaban J connectivity index is 2.51. The van der Waals surface area contributed by atoms with Crippen molar-refractivity contribution in [2.75, 3.05) is 18.5 Å². The van der Waals surface area contributed by atoms with Gasteiger partial charge in [-0.3, -0.25) is 19.7 Å². The Kier molecular flexibility index (Phi) is 8.68. The third kappa shape index (κ3) is 7.80. The molecule has 0 unspecified atom stereocenters. The molecule has 0 aromatic heterocycles. The molecule has 0 spiro atoms. The van der Waals surface area contributed by atoms with Crippen molar-refractivity contribution in [3.05, 3.63) is 33.9 Å². The maximum absolute atomic E-state index is 12.7. The second-order valence-electron chi connectivity index (χ2n) is 6.08. The fraction of sp³-hybridized carbons (Fsp3) is 0.529. The molecule has 8 nitrogen and oxygen atoms in total. The smallest absolute Gasteiger partial charge is 0.416 e. The average molecular weight is 405 g/mol. The highest BCUT2D eigenvalue weighted by Crippen LogP contribution is 2.34. The Labute approximate surface area is 159 Å². The van der Waals surface area contributed by atoms with E-state index in [0.29, 0.717) is 12.1 Å². The number of benzene rings is 1. The first kappa shape index (κ1) is 23.2. The van der Waals surface area contributed by atoms with Gasteiger partial charge in [0.05, 0.1) is 16.9 Å². The van der Waals surface area contributed by atoms with Crippen LogP contribution in [0.1, 0.15) is 38.7 Å². The van der Waals surface area contributed by atoms with Gasteiger partial charge in [-0.1, -0.05) is 13.3 Å². The van der Waals surface area contributed by atoms with E-state index < -0.39 is 40.8 Å². The zero-order valence-electron chi connectivity index (χ0n) is 15.5. The summed E-state index contributed by atoms with van der Waals surface area (Å²) in [5.41, 5.74) is -2.06. The topological polar surface area (TPSA) is 111 Å². The number of amides is 1. The SMILES string of the molecule is CCC[C@@H](C)NC(=O)COC(=O)CCNc1ccc(C(F)(F)F)cc1[N+](=O)[O-]. The summed E-state index contributed by atoms with van der Waals surface area (Å²) >= 11 is 0. The largest absolute Gasteiger partial charge is 0.456 e. The predicted octanol–water partition coefficient (Wildman–Crippen LogP) is 3.26. The normalized spacial score (nSPS) is 12.2. The molecule has 0 heterocycles. The summed E-state index contributed by atoms with van der Waals surface area (Å²) < 4.78 is 42.8. The molecular formula is C17H22F3N3O5. The first-order valence-corrected chi connectivity index (χ1v) is 8.59. The molecule has 11 heteroatoms. The Bertz CT molecular complexity index is 710. The van der Waals surface area contributed by atoms with Crippen LogP contribution in [0.15, 0.2) is 18.2 Å². The molecule has 1 rings (SSSR count). The van der Waals surface area contributed by atoms with E-state index in [0.717, 1.165) is 18.9 Å². The number of anilines is 1. The lowest BCUT2D eigenvalue weighted by Gasteiger charge is -2.13. The zero-order valence-corrected chi connectivity index (χ0v) is 15.5. The van der Waals surface area contributed by atoms with Gasteiger partial charge in [0.2, 0.25) is 0 Å². The Hall–Kier alpha value is -2.85. The fourth-order valence-electron chi connectivity index (χ4n) is 2.35. The van der Waals surface area contributed by atoms with Gasteiger partial charge in [0.25, 0.3) is 11.6 Å². The maximum atomic E-state index is 12.7. The van der Waals surface area contributed by atoms with E-state index in [9.17, 15) is 32.9 Å². The van der Waals surface area contributed by atoms with Crippen LogP contribution in [-0.4, -0.2) is 36.0 Å². The number of nitro groups is 1. The molecule has 0 saturated carbocycles. The molecule has 28 heavy (non-hydrogen) atoms. The molecule has 0 saturated heterocycles.